The van der Waals surface area contributed by atoms with Gasteiger partial charge in [0.2, 0.25) is 0 Å². The molecule has 0 unspecified atom stereocenters. The van der Waals surface area contributed by atoms with Gasteiger partial charge < -0.3 is 9.84 Å². The quantitative estimate of drug-likeness (QED) is 0.492. The largest absolute Gasteiger partial charge is 0.507 e. The number of hydrogen-bond donors (Lipinski definition) is 1. The molecule has 0 fully saturated rings. The Morgan fingerprint density at radius 1 is 1.41 bits per heavy atom. The monoisotopic (exact) mass is 234 g/mol. The van der Waals surface area contributed by atoms with Crippen LogP contribution in [0.1, 0.15) is 29.8 Å². The summed E-state index contributed by atoms with van der Waals surface area (Å²) in [4.78, 5) is 22.1. The van der Waals surface area contributed by atoms with Crippen LogP contribution in [0, 0.1) is 0 Å². The van der Waals surface area contributed by atoms with Crippen LogP contribution in [0.4, 0.5) is 0 Å². The number of phenolic OH excluding ortho intramolecular Hbond substituents is 1. The second-order valence-corrected chi connectivity index (χ2v) is 3.42. The Bertz CT molecular complexity index is 460. The molecule has 0 spiro atoms. The molecule has 1 aromatic carbocycles. The highest BCUT2D eigenvalue weighted by Gasteiger charge is 2.05. The lowest BCUT2D eigenvalue weighted by molar-refractivity contribution is -0.137. The van der Waals surface area contributed by atoms with E-state index in [1.54, 1.807) is 13.0 Å². The molecule has 4 nitrogen and oxygen atoms in total. The topological polar surface area (TPSA) is 63.6 Å². The highest BCUT2D eigenvalue weighted by molar-refractivity contribution is 5.97. The first-order chi connectivity index (χ1) is 8.04. The number of ether oxygens (including phenoxy) is 1. The van der Waals surface area contributed by atoms with Crippen LogP contribution in [-0.4, -0.2) is 23.5 Å². The van der Waals surface area contributed by atoms with E-state index in [1.165, 1.54) is 31.2 Å². The smallest absolute Gasteiger partial charge is 0.330 e. The zero-order valence-corrected chi connectivity index (χ0v) is 9.77. The van der Waals surface area contributed by atoms with E-state index in [4.69, 9.17) is 4.74 Å². The van der Waals surface area contributed by atoms with Gasteiger partial charge >= 0.3 is 5.97 Å². The van der Waals surface area contributed by atoms with Gasteiger partial charge in [0.05, 0.1) is 12.2 Å². The number of phenols is 1. The first kappa shape index (κ1) is 13.0. The van der Waals surface area contributed by atoms with Gasteiger partial charge in [0.15, 0.2) is 5.78 Å². The molecule has 17 heavy (non-hydrogen) atoms. The molecule has 4 heteroatoms. The number of esters is 1. The molecule has 0 atom stereocenters. The number of rotatable bonds is 4. The molecule has 0 bridgehead atoms. The third-order valence-corrected chi connectivity index (χ3v) is 2.10. The summed E-state index contributed by atoms with van der Waals surface area (Å²) >= 11 is 0. The normalized spacial score (nSPS) is 10.5. The first-order valence-electron chi connectivity index (χ1n) is 5.23. The van der Waals surface area contributed by atoms with E-state index in [0.29, 0.717) is 12.2 Å². The van der Waals surface area contributed by atoms with Crippen molar-refractivity contribution in [2.24, 2.45) is 0 Å². The van der Waals surface area contributed by atoms with Crippen LogP contribution in [0.2, 0.25) is 0 Å². The fraction of sp³-hybridized carbons (Fsp3) is 0.231. The Labute approximate surface area is 99.5 Å². The number of aromatic hydroxyl groups is 1. The van der Waals surface area contributed by atoms with Gasteiger partial charge in [-0.2, -0.15) is 0 Å². The maximum Gasteiger partial charge on any atom is 0.330 e. The Balaban J connectivity index is 2.84. The van der Waals surface area contributed by atoms with Crippen LogP contribution < -0.4 is 0 Å². The van der Waals surface area contributed by atoms with Crippen molar-refractivity contribution >= 4 is 17.8 Å². The third-order valence-electron chi connectivity index (χ3n) is 2.10. The summed E-state index contributed by atoms with van der Waals surface area (Å²) in [6.45, 7) is 3.42. The van der Waals surface area contributed by atoms with Gasteiger partial charge in [-0.05, 0) is 37.6 Å². The molecule has 0 amide bonds. The van der Waals surface area contributed by atoms with E-state index in [2.05, 4.69) is 0 Å². The molecule has 0 radical (unpaired) electrons. The van der Waals surface area contributed by atoms with Crippen molar-refractivity contribution in [1.82, 2.24) is 0 Å². The minimum absolute atomic E-state index is 0.0940. The van der Waals surface area contributed by atoms with Gasteiger partial charge in [0, 0.05) is 6.08 Å². The van der Waals surface area contributed by atoms with Gasteiger partial charge in [0.25, 0.3) is 0 Å². The van der Waals surface area contributed by atoms with Gasteiger partial charge in [-0.15, -0.1) is 0 Å². The fourth-order valence-corrected chi connectivity index (χ4v) is 1.30. The molecular weight excluding hydrogens is 220 g/mol. The second-order valence-electron chi connectivity index (χ2n) is 3.42. The van der Waals surface area contributed by atoms with Crippen LogP contribution >= 0.6 is 0 Å². The van der Waals surface area contributed by atoms with E-state index in [1.807, 2.05) is 0 Å². The molecule has 1 N–H and O–H groups in total. The minimum Gasteiger partial charge on any atom is -0.507 e. The van der Waals surface area contributed by atoms with Gasteiger partial charge in [-0.1, -0.05) is 6.07 Å². The van der Waals surface area contributed by atoms with Crippen LogP contribution in [0.5, 0.6) is 5.75 Å². The number of benzene rings is 1. The average molecular weight is 234 g/mol. The maximum absolute atomic E-state index is 11.1. The SMILES string of the molecule is CCOC(=O)C=Cc1ccc(C(C)=O)c(O)c1. The lowest BCUT2D eigenvalue weighted by Crippen LogP contribution is -1.98. The van der Waals surface area contributed by atoms with E-state index >= 15 is 0 Å². The Kier molecular flexibility index (Phi) is 4.46. The summed E-state index contributed by atoms with van der Waals surface area (Å²) in [5.74, 6) is -0.741. The maximum atomic E-state index is 11.1. The first-order valence-corrected chi connectivity index (χ1v) is 5.23. The summed E-state index contributed by atoms with van der Waals surface area (Å²) in [7, 11) is 0. The summed E-state index contributed by atoms with van der Waals surface area (Å²) in [6, 6.07) is 4.58. The zero-order valence-electron chi connectivity index (χ0n) is 9.77. The molecule has 1 rings (SSSR count). The Morgan fingerprint density at radius 2 is 2.12 bits per heavy atom. The summed E-state index contributed by atoms with van der Waals surface area (Å²) in [5.41, 5.74) is 0.888. The molecule has 0 aliphatic heterocycles. The lowest BCUT2D eigenvalue weighted by Gasteiger charge is -2.01. The highest BCUT2D eigenvalue weighted by atomic mass is 16.5. The highest BCUT2D eigenvalue weighted by Crippen LogP contribution is 2.20. The lowest BCUT2D eigenvalue weighted by atomic mass is 10.1. The zero-order chi connectivity index (χ0) is 12.8. The van der Waals surface area contributed by atoms with Crippen molar-refractivity contribution in [3.05, 3.63) is 35.4 Å². The van der Waals surface area contributed by atoms with Gasteiger partial charge in [-0.3, -0.25) is 4.79 Å². The van der Waals surface area contributed by atoms with E-state index in [-0.39, 0.29) is 17.1 Å². The van der Waals surface area contributed by atoms with Crippen molar-refractivity contribution in [1.29, 1.82) is 0 Å². The molecular formula is C13H14O4. The van der Waals surface area contributed by atoms with E-state index < -0.39 is 5.97 Å². The van der Waals surface area contributed by atoms with Crippen LogP contribution in [0.15, 0.2) is 24.3 Å². The van der Waals surface area contributed by atoms with E-state index in [0.717, 1.165) is 0 Å². The fourth-order valence-electron chi connectivity index (χ4n) is 1.30. The number of carbonyl (C=O) groups excluding carboxylic acids is 2. The molecule has 1 aromatic rings. The Hall–Kier alpha value is -2.10. The van der Waals surface area contributed by atoms with Gasteiger partial charge in [-0.25, -0.2) is 4.79 Å². The molecule has 0 aliphatic carbocycles. The van der Waals surface area contributed by atoms with E-state index in [9.17, 15) is 14.7 Å². The predicted molar refractivity (Wildman–Crippen MR) is 63.8 cm³/mol. The third kappa shape index (κ3) is 3.75. The average Bonchev–Trinajstić information content (AvgIpc) is 2.26. The molecule has 0 aromatic heterocycles. The molecule has 0 saturated heterocycles. The van der Waals surface area contributed by atoms with Crippen molar-refractivity contribution in [2.45, 2.75) is 13.8 Å². The standard InChI is InChI=1S/C13H14O4/c1-3-17-13(16)7-5-10-4-6-11(9(2)14)12(15)8-10/h4-8,15H,3H2,1-2H3. The predicted octanol–water partition coefficient (Wildman–Crippen LogP) is 2.17. The molecule has 90 valence electrons. The summed E-state index contributed by atoms with van der Waals surface area (Å²) in [5, 5.41) is 9.56. The number of carbonyl (C=O) groups is 2. The van der Waals surface area contributed by atoms with Crippen LogP contribution in [-0.2, 0) is 9.53 Å². The van der Waals surface area contributed by atoms with Crippen LogP contribution in [0.3, 0.4) is 0 Å². The number of Topliss-reactive ketones (excluding diaryl/α,β-unsaturated/α-hetero) is 1. The summed E-state index contributed by atoms with van der Waals surface area (Å²) in [6.07, 6.45) is 2.79. The second kappa shape index (κ2) is 5.84. The van der Waals surface area contributed by atoms with Crippen molar-refractivity contribution < 1.29 is 19.4 Å². The molecule has 0 heterocycles. The molecule has 0 saturated carbocycles. The van der Waals surface area contributed by atoms with Crippen molar-refractivity contribution in [3.63, 3.8) is 0 Å². The van der Waals surface area contributed by atoms with Crippen LogP contribution in [0.25, 0.3) is 6.08 Å². The summed E-state index contributed by atoms with van der Waals surface area (Å²) < 4.78 is 4.71. The van der Waals surface area contributed by atoms with Gasteiger partial charge in [0.1, 0.15) is 5.75 Å². The molecule has 0 aliphatic rings. The minimum atomic E-state index is -0.442. The van der Waals surface area contributed by atoms with Crippen molar-refractivity contribution in [2.75, 3.05) is 6.61 Å². The number of hydrogen-bond acceptors (Lipinski definition) is 4. The number of ketones is 1. The van der Waals surface area contributed by atoms with Crippen molar-refractivity contribution in [3.8, 4) is 5.75 Å². The Morgan fingerprint density at radius 3 is 2.65 bits per heavy atom.